The number of benzene rings is 2. The van der Waals surface area contributed by atoms with Crippen molar-refractivity contribution in [1.29, 1.82) is 0 Å². The van der Waals surface area contributed by atoms with Gasteiger partial charge in [-0.25, -0.2) is 0 Å². The summed E-state index contributed by atoms with van der Waals surface area (Å²) in [7, 11) is 3.05. The van der Waals surface area contributed by atoms with Gasteiger partial charge in [0, 0.05) is 17.8 Å². The molecule has 5 nitrogen and oxygen atoms in total. The minimum Gasteiger partial charge on any atom is -0.496 e. The SMILES string of the molecule is COc1cc(OC)c2c(=O)c(-c3ccc(N)cc3)coc2c1. The van der Waals surface area contributed by atoms with Crippen LogP contribution in [0.25, 0.3) is 22.1 Å². The maximum atomic E-state index is 12.8. The van der Waals surface area contributed by atoms with Gasteiger partial charge in [0.15, 0.2) is 0 Å². The first kappa shape index (κ1) is 14.0. The average Bonchev–Trinajstić information content (AvgIpc) is 2.55. The van der Waals surface area contributed by atoms with Gasteiger partial charge in [-0.2, -0.15) is 0 Å². The quantitative estimate of drug-likeness (QED) is 0.752. The van der Waals surface area contributed by atoms with Crippen LogP contribution in [0.5, 0.6) is 11.5 Å². The summed E-state index contributed by atoms with van der Waals surface area (Å²) in [4.78, 5) is 12.8. The number of hydrogen-bond donors (Lipinski definition) is 1. The molecule has 112 valence electrons. The Labute approximate surface area is 126 Å². The molecule has 1 aromatic heterocycles. The maximum absolute atomic E-state index is 12.8. The topological polar surface area (TPSA) is 74.7 Å². The molecule has 0 aliphatic rings. The highest BCUT2D eigenvalue weighted by Crippen LogP contribution is 2.31. The molecule has 0 spiro atoms. The van der Waals surface area contributed by atoms with Crippen LogP contribution in [0.2, 0.25) is 0 Å². The molecule has 2 aromatic carbocycles. The summed E-state index contributed by atoms with van der Waals surface area (Å²) in [6.45, 7) is 0. The summed E-state index contributed by atoms with van der Waals surface area (Å²) in [6, 6.07) is 10.4. The Balaban J connectivity index is 2.29. The molecule has 0 saturated heterocycles. The zero-order valence-electron chi connectivity index (χ0n) is 12.3. The zero-order chi connectivity index (χ0) is 15.7. The van der Waals surface area contributed by atoms with Gasteiger partial charge in [-0.15, -0.1) is 0 Å². The number of anilines is 1. The molecule has 3 aromatic rings. The van der Waals surface area contributed by atoms with E-state index < -0.39 is 0 Å². The Morgan fingerprint density at radius 2 is 1.77 bits per heavy atom. The number of methoxy groups -OCH3 is 2. The van der Waals surface area contributed by atoms with Gasteiger partial charge >= 0.3 is 0 Å². The molecule has 0 fully saturated rings. The molecule has 22 heavy (non-hydrogen) atoms. The van der Waals surface area contributed by atoms with Crippen LogP contribution in [0.15, 0.2) is 51.9 Å². The fraction of sp³-hybridized carbons (Fsp3) is 0.118. The van der Waals surface area contributed by atoms with Crippen LogP contribution >= 0.6 is 0 Å². The standard InChI is InChI=1S/C17H15NO4/c1-20-12-7-14(21-2)16-15(8-12)22-9-13(17(16)19)10-3-5-11(18)6-4-10/h3-9H,18H2,1-2H3. The summed E-state index contributed by atoms with van der Waals surface area (Å²) in [5.41, 5.74) is 7.76. The number of hydrogen-bond acceptors (Lipinski definition) is 5. The van der Waals surface area contributed by atoms with Gasteiger partial charge in [0.1, 0.15) is 28.7 Å². The van der Waals surface area contributed by atoms with Gasteiger partial charge in [-0.3, -0.25) is 4.79 Å². The first-order valence-corrected chi connectivity index (χ1v) is 6.67. The van der Waals surface area contributed by atoms with E-state index in [2.05, 4.69) is 0 Å². The predicted molar refractivity (Wildman–Crippen MR) is 85.4 cm³/mol. The van der Waals surface area contributed by atoms with E-state index in [1.54, 1.807) is 43.5 Å². The summed E-state index contributed by atoms with van der Waals surface area (Å²) in [6.07, 6.45) is 1.44. The van der Waals surface area contributed by atoms with Crippen molar-refractivity contribution >= 4 is 16.7 Å². The van der Waals surface area contributed by atoms with E-state index >= 15 is 0 Å². The number of fused-ring (bicyclic) bond motifs is 1. The summed E-state index contributed by atoms with van der Waals surface area (Å²) in [5.74, 6) is 0.980. The lowest BCUT2D eigenvalue weighted by atomic mass is 10.0. The second-order valence-electron chi connectivity index (χ2n) is 4.80. The lowest BCUT2D eigenvalue weighted by Gasteiger charge is -2.09. The van der Waals surface area contributed by atoms with Crippen molar-refractivity contribution in [2.24, 2.45) is 0 Å². The summed E-state index contributed by atoms with van der Waals surface area (Å²) >= 11 is 0. The fourth-order valence-electron chi connectivity index (χ4n) is 2.33. The van der Waals surface area contributed by atoms with Crippen molar-refractivity contribution in [1.82, 2.24) is 0 Å². The van der Waals surface area contributed by atoms with Gasteiger partial charge in [0.2, 0.25) is 5.43 Å². The highest BCUT2D eigenvalue weighted by molar-refractivity contribution is 5.88. The molecule has 0 bridgehead atoms. The molecule has 0 aliphatic carbocycles. The van der Waals surface area contributed by atoms with E-state index in [4.69, 9.17) is 19.6 Å². The molecule has 0 amide bonds. The van der Waals surface area contributed by atoms with Crippen molar-refractivity contribution in [3.05, 3.63) is 52.9 Å². The van der Waals surface area contributed by atoms with Crippen molar-refractivity contribution in [3.8, 4) is 22.6 Å². The van der Waals surface area contributed by atoms with Crippen LogP contribution in [0.1, 0.15) is 0 Å². The highest BCUT2D eigenvalue weighted by Gasteiger charge is 2.15. The Morgan fingerprint density at radius 1 is 1.05 bits per heavy atom. The number of rotatable bonds is 3. The van der Waals surface area contributed by atoms with E-state index in [0.29, 0.717) is 33.7 Å². The van der Waals surface area contributed by atoms with Crippen LogP contribution in [0.4, 0.5) is 5.69 Å². The van der Waals surface area contributed by atoms with Gasteiger partial charge in [-0.1, -0.05) is 12.1 Å². The maximum Gasteiger partial charge on any atom is 0.204 e. The van der Waals surface area contributed by atoms with Crippen molar-refractivity contribution in [2.45, 2.75) is 0 Å². The van der Waals surface area contributed by atoms with Crippen molar-refractivity contribution < 1.29 is 13.9 Å². The number of ether oxygens (including phenoxy) is 2. The third-order valence-corrected chi connectivity index (χ3v) is 3.49. The fourth-order valence-corrected chi connectivity index (χ4v) is 2.33. The minimum absolute atomic E-state index is 0.162. The van der Waals surface area contributed by atoms with E-state index in [1.807, 2.05) is 0 Å². The van der Waals surface area contributed by atoms with Gasteiger partial charge in [0.25, 0.3) is 0 Å². The van der Waals surface area contributed by atoms with Gasteiger partial charge in [0.05, 0.1) is 19.8 Å². The van der Waals surface area contributed by atoms with Crippen molar-refractivity contribution in [3.63, 3.8) is 0 Å². The Morgan fingerprint density at radius 3 is 2.41 bits per heavy atom. The smallest absolute Gasteiger partial charge is 0.204 e. The van der Waals surface area contributed by atoms with Crippen LogP contribution < -0.4 is 20.6 Å². The molecule has 0 aliphatic heterocycles. The third-order valence-electron chi connectivity index (χ3n) is 3.49. The van der Waals surface area contributed by atoms with E-state index in [0.717, 1.165) is 5.56 Å². The first-order chi connectivity index (χ1) is 10.6. The molecule has 3 rings (SSSR count). The normalized spacial score (nSPS) is 10.6. The lowest BCUT2D eigenvalue weighted by molar-refractivity contribution is 0.396. The molecular formula is C17H15NO4. The Kier molecular flexibility index (Phi) is 3.47. The zero-order valence-corrected chi connectivity index (χ0v) is 12.3. The lowest BCUT2D eigenvalue weighted by Crippen LogP contribution is -2.06. The molecular weight excluding hydrogens is 282 g/mol. The third kappa shape index (κ3) is 2.26. The molecule has 5 heteroatoms. The first-order valence-electron chi connectivity index (χ1n) is 6.67. The van der Waals surface area contributed by atoms with E-state index in [9.17, 15) is 4.79 Å². The molecule has 0 atom stereocenters. The molecule has 0 saturated carbocycles. The summed E-state index contributed by atoms with van der Waals surface area (Å²) in [5, 5.41) is 0.387. The van der Waals surface area contributed by atoms with E-state index in [-0.39, 0.29) is 5.43 Å². The van der Waals surface area contributed by atoms with Crippen LogP contribution in [0.3, 0.4) is 0 Å². The second-order valence-corrected chi connectivity index (χ2v) is 4.80. The van der Waals surface area contributed by atoms with Crippen LogP contribution in [0, 0.1) is 0 Å². The molecule has 1 heterocycles. The van der Waals surface area contributed by atoms with Crippen molar-refractivity contribution in [2.75, 3.05) is 20.0 Å². The number of nitrogens with two attached hydrogens (primary N) is 1. The molecule has 0 radical (unpaired) electrons. The Hall–Kier alpha value is -2.95. The highest BCUT2D eigenvalue weighted by atomic mass is 16.5. The second kappa shape index (κ2) is 5.44. The molecule has 0 unspecified atom stereocenters. The molecule has 2 N–H and O–H groups in total. The van der Waals surface area contributed by atoms with Crippen LogP contribution in [-0.2, 0) is 0 Å². The van der Waals surface area contributed by atoms with E-state index in [1.165, 1.54) is 13.4 Å². The minimum atomic E-state index is -0.162. The number of nitrogen functional groups attached to an aromatic ring is 1. The predicted octanol–water partition coefficient (Wildman–Crippen LogP) is 3.06. The summed E-state index contributed by atoms with van der Waals surface area (Å²) < 4.78 is 16.1. The van der Waals surface area contributed by atoms with Gasteiger partial charge in [-0.05, 0) is 17.7 Å². The largest absolute Gasteiger partial charge is 0.496 e. The monoisotopic (exact) mass is 297 g/mol. The average molecular weight is 297 g/mol. The van der Waals surface area contributed by atoms with Crippen LogP contribution in [-0.4, -0.2) is 14.2 Å². The van der Waals surface area contributed by atoms with Gasteiger partial charge < -0.3 is 19.6 Å². The Bertz CT molecular complexity index is 882.